The number of carbonyl (C=O) groups excluding carboxylic acids is 2. The Balaban J connectivity index is 2.11. The lowest BCUT2D eigenvalue weighted by atomic mass is 10.1. The highest BCUT2D eigenvalue weighted by Gasteiger charge is 2.29. The van der Waals surface area contributed by atoms with Gasteiger partial charge in [0, 0.05) is 19.6 Å². The smallest absolute Gasteiger partial charge is 0.410 e. The van der Waals surface area contributed by atoms with Crippen LogP contribution in [0.4, 0.5) is 4.79 Å². The van der Waals surface area contributed by atoms with E-state index >= 15 is 0 Å². The van der Waals surface area contributed by atoms with Gasteiger partial charge >= 0.3 is 6.09 Å². The van der Waals surface area contributed by atoms with Crippen LogP contribution in [0.15, 0.2) is 0 Å². The Labute approximate surface area is 128 Å². The third kappa shape index (κ3) is 8.05. The lowest BCUT2D eigenvalue weighted by molar-refractivity contribution is -0.117. The number of ether oxygens (including phenoxy) is 2. The van der Waals surface area contributed by atoms with Gasteiger partial charge in [-0.05, 0) is 47.0 Å². The largest absolute Gasteiger partial charge is 0.444 e. The van der Waals surface area contributed by atoms with Gasteiger partial charge in [0.1, 0.15) is 11.4 Å². The minimum atomic E-state index is -0.452. The van der Waals surface area contributed by atoms with Gasteiger partial charge in [0.05, 0.1) is 12.6 Å². The number of hydrogen-bond donors (Lipinski definition) is 0. The van der Waals surface area contributed by atoms with E-state index in [1.165, 1.54) is 0 Å². The van der Waals surface area contributed by atoms with Crippen molar-refractivity contribution in [3.05, 3.63) is 0 Å². The van der Waals surface area contributed by atoms with Crippen LogP contribution in [0.5, 0.6) is 0 Å². The van der Waals surface area contributed by atoms with Crippen LogP contribution >= 0.6 is 0 Å². The van der Waals surface area contributed by atoms with E-state index in [1.54, 1.807) is 11.8 Å². The van der Waals surface area contributed by atoms with E-state index in [-0.39, 0.29) is 18.0 Å². The molecule has 1 amide bonds. The number of hydrogen-bond acceptors (Lipinski definition) is 4. The first-order valence-corrected chi connectivity index (χ1v) is 7.87. The maximum absolute atomic E-state index is 11.9. The molecule has 0 aromatic heterocycles. The molecule has 21 heavy (non-hydrogen) atoms. The van der Waals surface area contributed by atoms with Crippen molar-refractivity contribution >= 4 is 11.9 Å². The molecule has 1 rings (SSSR count). The van der Waals surface area contributed by atoms with Crippen LogP contribution in [0.25, 0.3) is 0 Å². The molecule has 5 heteroatoms. The maximum Gasteiger partial charge on any atom is 0.410 e. The number of nitrogens with zero attached hydrogens (tertiary/aromatic N) is 1. The van der Waals surface area contributed by atoms with Gasteiger partial charge in [-0.25, -0.2) is 4.79 Å². The highest BCUT2D eigenvalue weighted by Crippen LogP contribution is 2.17. The summed E-state index contributed by atoms with van der Waals surface area (Å²) < 4.78 is 11.1. The fourth-order valence-electron chi connectivity index (χ4n) is 2.26. The highest BCUT2D eigenvalue weighted by molar-refractivity contribution is 5.75. The molecule has 1 fully saturated rings. The standard InChI is InChI=1S/C16H29NO4/c1-13(18)8-6-5-7-11-20-14-9-10-17(12-14)15(19)21-16(2,3)4/h14H,5-12H2,1-4H3. The van der Waals surface area contributed by atoms with Crippen molar-refractivity contribution in [3.63, 3.8) is 0 Å². The summed E-state index contributed by atoms with van der Waals surface area (Å²) in [5.41, 5.74) is -0.452. The molecule has 0 saturated carbocycles. The zero-order chi connectivity index (χ0) is 15.9. The van der Waals surface area contributed by atoms with E-state index in [4.69, 9.17) is 9.47 Å². The molecule has 1 unspecified atom stereocenters. The van der Waals surface area contributed by atoms with Gasteiger partial charge in [-0.2, -0.15) is 0 Å². The van der Waals surface area contributed by atoms with Gasteiger partial charge < -0.3 is 19.2 Å². The molecular formula is C16H29NO4. The van der Waals surface area contributed by atoms with Gasteiger partial charge in [0.2, 0.25) is 0 Å². The fraction of sp³-hybridized carbons (Fsp3) is 0.875. The second kappa shape index (κ2) is 8.37. The second-order valence-corrected chi connectivity index (χ2v) is 6.72. The van der Waals surface area contributed by atoms with Crippen molar-refractivity contribution in [1.29, 1.82) is 0 Å². The molecule has 0 bridgehead atoms. The zero-order valence-corrected chi connectivity index (χ0v) is 13.8. The minimum absolute atomic E-state index is 0.116. The van der Waals surface area contributed by atoms with Crippen molar-refractivity contribution in [1.82, 2.24) is 4.90 Å². The van der Waals surface area contributed by atoms with Crippen LogP contribution in [-0.4, -0.2) is 48.2 Å². The summed E-state index contributed by atoms with van der Waals surface area (Å²) in [6.45, 7) is 9.25. The number of unbranched alkanes of at least 4 members (excludes halogenated alkanes) is 2. The van der Waals surface area contributed by atoms with Gasteiger partial charge in [0.15, 0.2) is 0 Å². The number of amides is 1. The summed E-state index contributed by atoms with van der Waals surface area (Å²) in [6.07, 6.45) is 4.31. The van der Waals surface area contributed by atoms with Crippen molar-refractivity contribution in [2.24, 2.45) is 0 Å². The van der Waals surface area contributed by atoms with E-state index in [0.717, 1.165) is 25.7 Å². The Morgan fingerprint density at radius 1 is 1.19 bits per heavy atom. The van der Waals surface area contributed by atoms with E-state index in [0.29, 0.717) is 26.1 Å². The Morgan fingerprint density at radius 2 is 1.90 bits per heavy atom. The van der Waals surface area contributed by atoms with Crippen LogP contribution in [0.2, 0.25) is 0 Å². The molecular weight excluding hydrogens is 270 g/mol. The highest BCUT2D eigenvalue weighted by atomic mass is 16.6. The predicted molar refractivity (Wildman–Crippen MR) is 81.3 cm³/mol. The average molecular weight is 299 g/mol. The average Bonchev–Trinajstić information content (AvgIpc) is 2.80. The molecule has 1 atom stereocenters. The molecule has 1 aliphatic rings. The van der Waals surface area contributed by atoms with E-state index in [9.17, 15) is 9.59 Å². The van der Waals surface area contributed by atoms with Crippen molar-refractivity contribution in [2.75, 3.05) is 19.7 Å². The third-order valence-electron chi connectivity index (χ3n) is 3.32. The fourth-order valence-corrected chi connectivity index (χ4v) is 2.26. The first-order valence-electron chi connectivity index (χ1n) is 7.87. The summed E-state index contributed by atoms with van der Waals surface area (Å²) in [5, 5.41) is 0. The molecule has 122 valence electrons. The minimum Gasteiger partial charge on any atom is -0.444 e. The van der Waals surface area contributed by atoms with E-state index in [2.05, 4.69) is 0 Å². The second-order valence-electron chi connectivity index (χ2n) is 6.72. The van der Waals surface area contributed by atoms with Gasteiger partial charge in [-0.3, -0.25) is 0 Å². The summed E-state index contributed by atoms with van der Waals surface area (Å²) in [4.78, 5) is 24.4. The molecule has 0 radical (unpaired) electrons. The van der Waals surface area contributed by atoms with Crippen LogP contribution < -0.4 is 0 Å². The zero-order valence-electron chi connectivity index (χ0n) is 13.8. The van der Waals surface area contributed by atoms with Crippen LogP contribution in [0.3, 0.4) is 0 Å². The maximum atomic E-state index is 11.9. The molecule has 0 aliphatic carbocycles. The SMILES string of the molecule is CC(=O)CCCCCOC1CCN(C(=O)OC(C)(C)C)C1. The first-order chi connectivity index (χ1) is 9.78. The molecule has 1 saturated heterocycles. The van der Waals surface area contributed by atoms with E-state index < -0.39 is 5.60 Å². The molecule has 0 N–H and O–H groups in total. The monoisotopic (exact) mass is 299 g/mol. The van der Waals surface area contributed by atoms with Gasteiger partial charge in [0.25, 0.3) is 0 Å². The van der Waals surface area contributed by atoms with Crippen LogP contribution in [-0.2, 0) is 14.3 Å². The molecule has 0 aromatic carbocycles. The lowest BCUT2D eigenvalue weighted by Gasteiger charge is -2.24. The number of rotatable bonds is 7. The van der Waals surface area contributed by atoms with Crippen molar-refractivity contribution < 1.29 is 19.1 Å². The molecule has 0 aromatic rings. The summed E-state index contributed by atoms with van der Waals surface area (Å²) in [5.74, 6) is 0.250. The lowest BCUT2D eigenvalue weighted by Crippen LogP contribution is -2.36. The van der Waals surface area contributed by atoms with Crippen molar-refractivity contribution in [3.8, 4) is 0 Å². The van der Waals surface area contributed by atoms with Crippen LogP contribution in [0, 0.1) is 0 Å². The normalized spacial score (nSPS) is 18.9. The Kier molecular flexibility index (Phi) is 7.15. The third-order valence-corrected chi connectivity index (χ3v) is 3.32. The van der Waals surface area contributed by atoms with E-state index in [1.807, 2.05) is 20.8 Å². The predicted octanol–water partition coefficient (Wildman–Crippen LogP) is 3.16. The van der Waals surface area contributed by atoms with Gasteiger partial charge in [-0.15, -0.1) is 0 Å². The topological polar surface area (TPSA) is 55.8 Å². The number of carbonyl (C=O) groups is 2. The molecule has 5 nitrogen and oxygen atoms in total. The molecule has 1 heterocycles. The Hall–Kier alpha value is -1.10. The summed E-state index contributed by atoms with van der Waals surface area (Å²) in [7, 11) is 0. The first kappa shape index (κ1) is 18.0. The number of Topliss-reactive ketones (excluding diaryl/α,β-unsaturated/α-hetero) is 1. The number of likely N-dealkylation sites (tertiary alicyclic amines) is 1. The van der Waals surface area contributed by atoms with Gasteiger partial charge in [-0.1, -0.05) is 6.42 Å². The molecule has 0 spiro atoms. The van der Waals surface area contributed by atoms with Crippen molar-refractivity contribution in [2.45, 2.75) is 71.5 Å². The summed E-state index contributed by atoms with van der Waals surface area (Å²) >= 11 is 0. The Morgan fingerprint density at radius 3 is 2.52 bits per heavy atom. The quantitative estimate of drug-likeness (QED) is 0.678. The molecule has 1 aliphatic heterocycles. The Bertz CT molecular complexity index is 349. The van der Waals surface area contributed by atoms with Crippen LogP contribution in [0.1, 0.15) is 59.8 Å². The number of ketones is 1. The summed E-state index contributed by atoms with van der Waals surface area (Å²) in [6, 6.07) is 0.